The van der Waals surface area contributed by atoms with Crippen LogP contribution in [0.4, 0.5) is 0 Å². The number of thioether (sulfide) groups is 1. The molecule has 1 unspecified atom stereocenters. The second kappa shape index (κ2) is 8.92. The minimum atomic E-state index is -1.02. The molecular weight excluding hydrogens is 312 g/mol. The maximum atomic E-state index is 11.8. The Labute approximate surface area is 134 Å². The second-order valence-electron chi connectivity index (χ2n) is 4.64. The summed E-state index contributed by atoms with van der Waals surface area (Å²) >= 11 is 1.88. The zero-order chi connectivity index (χ0) is 14.4. The number of carbonyl (C=O) groups is 2. The van der Waals surface area contributed by atoms with Gasteiger partial charge in [-0.05, 0) is 5.56 Å². The van der Waals surface area contributed by atoms with Crippen LogP contribution in [0.2, 0.25) is 0 Å². The lowest BCUT2D eigenvalue weighted by Gasteiger charge is -2.35. The summed E-state index contributed by atoms with van der Waals surface area (Å²) in [6.07, 6.45) is 0. The van der Waals surface area contributed by atoms with Crippen LogP contribution in [0.5, 0.6) is 0 Å². The van der Waals surface area contributed by atoms with E-state index >= 15 is 0 Å². The van der Waals surface area contributed by atoms with E-state index in [0.29, 0.717) is 0 Å². The third kappa shape index (κ3) is 5.57. The Morgan fingerprint density at radius 2 is 2.05 bits per heavy atom. The molecule has 1 saturated heterocycles. The highest BCUT2D eigenvalue weighted by Gasteiger charge is 2.25. The van der Waals surface area contributed by atoms with Crippen molar-refractivity contribution in [3.05, 3.63) is 35.9 Å². The number of nitrogens with zero attached hydrogens (tertiary/aromatic N) is 1. The lowest BCUT2D eigenvalue weighted by Crippen LogP contribution is -2.44. The quantitative estimate of drug-likeness (QED) is 0.854. The van der Waals surface area contributed by atoms with Gasteiger partial charge in [0.15, 0.2) is 0 Å². The topological polar surface area (TPSA) is 69.6 Å². The minimum Gasteiger partial charge on any atom is -0.480 e. The number of carboxylic acids is 1. The molecule has 0 saturated carbocycles. The fourth-order valence-corrected chi connectivity index (χ4v) is 3.38. The fourth-order valence-electron chi connectivity index (χ4n) is 2.22. The van der Waals surface area contributed by atoms with E-state index in [-0.39, 0.29) is 37.4 Å². The van der Waals surface area contributed by atoms with Gasteiger partial charge in [-0.1, -0.05) is 30.3 Å². The maximum Gasteiger partial charge on any atom is 0.322 e. The van der Waals surface area contributed by atoms with Gasteiger partial charge in [0.1, 0.15) is 6.54 Å². The Balaban J connectivity index is 0.00000220. The summed E-state index contributed by atoms with van der Waals surface area (Å²) in [5.41, 5.74) is 1.20. The van der Waals surface area contributed by atoms with E-state index in [9.17, 15) is 9.59 Å². The first kappa shape index (κ1) is 17.8. The summed E-state index contributed by atoms with van der Waals surface area (Å²) in [5, 5.41) is 11.0. The van der Waals surface area contributed by atoms with Gasteiger partial charge < -0.3 is 10.4 Å². The van der Waals surface area contributed by atoms with Gasteiger partial charge in [0, 0.05) is 24.1 Å². The van der Waals surface area contributed by atoms with E-state index < -0.39 is 5.97 Å². The number of benzene rings is 1. The fraction of sp³-hybridized carbons (Fsp3) is 0.429. The van der Waals surface area contributed by atoms with Crippen molar-refractivity contribution in [2.75, 3.05) is 31.1 Å². The number of halogens is 1. The highest BCUT2D eigenvalue weighted by atomic mass is 35.5. The van der Waals surface area contributed by atoms with Gasteiger partial charge in [-0.3, -0.25) is 14.5 Å². The third-order valence-corrected chi connectivity index (χ3v) is 4.23. The average molecular weight is 331 g/mol. The van der Waals surface area contributed by atoms with Crippen molar-refractivity contribution >= 4 is 36.0 Å². The largest absolute Gasteiger partial charge is 0.480 e. The van der Waals surface area contributed by atoms with Gasteiger partial charge in [0.25, 0.3) is 0 Å². The first-order valence-corrected chi connectivity index (χ1v) is 7.67. The highest BCUT2D eigenvalue weighted by Crippen LogP contribution is 2.28. The van der Waals surface area contributed by atoms with Crippen LogP contribution in [0.15, 0.2) is 30.3 Å². The van der Waals surface area contributed by atoms with Crippen LogP contribution >= 0.6 is 24.2 Å². The van der Waals surface area contributed by atoms with Gasteiger partial charge in [-0.2, -0.15) is 11.8 Å². The predicted molar refractivity (Wildman–Crippen MR) is 86.0 cm³/mol. The van der Waals surface area contributed by atoms with Crippen molar-refractivity contribution in [2.45, 2.75) is 6.04 Å². The van der Waals surface area contributed by atoms with Crippen LogP contribution in [0.3, 0.4) is 0 Å². The summed E-state index contributed by atoms with van der Waals surface area (Å²) in [6.45, 7) is 0.759. The number of hydrogen-bond donors (Lipinski definition) is 2. The van der Waals surface area contributed by atoms with Crippen LogP contribution in [-0.2, 0) is 9.59 Å². The van der Waals surface area contributed by atoms with Gasteiger partial charge in [0.2, 0.25) is 5.91 Å². The molecule has 1 aromatic carbocycles. The van der Waals surface area contributed by atoms with Gasteiger partial charge in [-0.25, -0.2) is 0 Å². The van der Waals surface area contributed by atoms with Crippen molar-refractivity contribution in [1.29, 1.82) is 0 Å². The standard InChI is InChI=1S/C14H18N2O3S.ClH/c17-13(15-8-14(18)19)9-16-6-7-20-10-12(16)11-4-2-1-3-5-11;/h1-5,12H,6-10H2,(H,15,17)(H,18,19);1H. The summed E-state index contributed by atoms with van der Waals surface area (Å²) in [6, 6.07) is 10.3. The number of carboxylic acid groups (broad SMARTS) is 1. The predicted octanol–water partition coefficient (Wildman–Crippen LogP) is 1.40. The Bertz CT molecular complexity index is 473. The smallest absolute Gasteiger partial charge is 0.322 e. The lowest BCUT2D eigenvalue weighted by atomic mass is 10.1. The molecule has 1 aliphatic rings. The molecule has 0 spiro atoms. The third-order valence-electron chi connectivity index (χ3n) is 3.21. The molecule has 0 bridgehead atoms. The molecule has 0 radical (unpaired) electrons. The Morgan fingerprint density at radius 1 is 1.33 bits per heavy atom. The molecule has 2 N–H and O–H groups in total. The van der Waals surface area contributed by atoms with Gasteiger partial charge >= 0.3 is 5.97 Å². The zero-order valence-corrected chi connectivity index (χ0v) is 13.2. The molecule has 2 rings (SSSR count). The number of carbonyl (C=O) groups excluding carboxylic acids is 1. The summed E-state index contributed by atoms with van der Waals surface area (Å²) in [7, 11) is 0. The first-order chi connectivity index (χ1) is 9.66. The molecular formula is C14H19ClN2O3S. The van der Waals surface area contributed by atoms with E-state index in [1.165, 1.54) is 5.56 Å². The van der Waals surface area contributed by atoms with Crippen molar-refractivity contribution in [2.24, 2.45) is 0 Å². The van der Waals surface area contributed by atoms with Crippen LogP contribution in [0.1, 0.15) is 11.6 Å². The Hall–Kier alpha value is -1.24. The van der Waals surface area contributed by atoms with Gasteiger partial charge in [-0.15, -0.1) is 12.4 Å². The molecule has 1 amide bonds. The molecule has 0 aliphatic carbocycles. The molecule has 7 heteroatoms. The molecule has 1 aliphatic heterocycles. The second-order valence-corrected chi connectivity index (χ2v) is 5.79. The van der Waals surface area contributed by atoms with Crippen LogP contribution < -0.4 is 5.32 Å². The minimum absolute atomic E-state index is 0. The molecule has 1 heterocycles. The monoisotopic (exact) mass is 330 g/mol. The number of nitrogens with one attached hydrogen (secondary N) is 1. The van der Waals surface area contributed by atoms with Crippen molar-refractivity contribution in [1.82, 2.24) is 10.2 Å². The van der Waals surface area contributed by atoms with E-state index in [1.807, 2.05) is 30.0 Å². The van der Waals surface area contributed by atoms with Crippen molar-refractivity contribution in [3.63, 3.8) is 0 Å². The number of amides is 1. The van der Waals surface area contributed by atoms with Crippen LogP contribution in [0, 0.1) is 0 Å². The van der Waals surface area contributed by atoms with E-state index in [1.54, 1.807) is 0 Å². The lowest BCUT2D eigenvalue weighted by molar-refractivity contribution is -0.138. The molecule has 5 nitrogen and oxygen atoms in total. The number of hydrogen-bond acceptors (Lipinski definition) is 4. The van der Waals surface area contributed by atoms with Crippen LogP contribution in [0.25, 0.3) is 0 Å². The Morgan fingerprint density at radius 3 is 2.71 bits per heavy atom. The first-order valence-electron chi connectivity index (χ1n) is 6.52. The summed E-state index contributed by atoms with van der Waals surface area (Å²) in [4.78, 5) is 24.3. The molecule has 1 fully saturated rings. The number of aliphatic carboxylic acids is 1. The SMILES string of the molecule is Cl.O=C(O)CNC(=O)CN1CCSCC1c1ccccc1. The van der Waals surface area contributed by atoms with Gasteiger partial charge in [0.05, 0.1) is 6.54 Å². The summed E-state index contributed by atoms with van der Waals surface area (Å²) < 4.78 is 0. The maximum absolute atomic E-state index is 11.8. The van der Waals surface area contributed by atoms with E-state index in [2.05, 4.69) is 22.3 Å². The van der Waals surface area contributed by atoms with E-state index in [0.717, 1.165) is 18.1 Å². The molecule has 21 heavy (non-hydrogen) atoms. The van der Waals surface area contributed by atoms with Crippen LogP contribution in [-0.4, -0.2) is 53.0 Å². The average Bonchev–Trinajstić information content (AvgIpc) is 2.47. The molecule has 0 aromatic heterocycles. The van der Waals surface area contributed by atoms with Crippen molar-refractivity contribution in [3.8, 4) is 0 Å². The number of rotatable bonds is 5. The van der Waals surface area contributed by atoms with Crippen molar-refractivity contribution < 1.29 is 14.7 Å². The molecule has 1 atom stereocenters. The summed E-state index contributed by atoms with van der Waals surface area (Å²) in [5.74, 6) is 0.693. The van der Waals surface area contributed by atoms with E-state index in [4.69, 9.17) is 5.11 Å². The molecule has 116 valence electrons. The molecule has 1 aromatic rings. The normalized spacial score (nSPS) is 18.6. The zero-order valence-electron chi connectivity index (χ0n) is 11.5. The highest BCUT2D eigenvalue weighted by molar-refractivity contribution is 7.99. The Kier molecular flexibility index (Phi) is 7.56.